The second kappa shape index (κ2) is 5.45. The zero-order valence-corrected chi connectivity index (χ0v) is 15.1. The molecule has 28 heavy (non-hydrogen) atoms. The first-order valence-corrected chi connectivity index (χ1v) is 9.53. The number of benzene rings is 4. The lowest BCUT2D eigenvalue weighted by molar-refractivity contribution is 0.426. The molecule has 0 aliphatic heterocycles. The molecule has 0 amide bonds. The van der Waals surface area contributed by atoms with E-state index in [0.29, 0.717) is 5.46 Å². The van der Waals surface area contributed by atoms with E-state index in [9.17, 15) is 10.0 Å². The van der Waals surface area contributed by atoms with Gasteiger partial charge in [-0.05, 0) is 50.0 Å². The van der Waals surface area contributed by atoms with Crippen LogP contribution in [0.5, 0.6) is 0 Å². The number of hydrogen-bond acceptors (Lipinski definition) is 2. The standard InChI is InChI=1S/C25H17BO2/c27-26(28)23-15-7-14-22-24(23)18-10-3-6-13-21(18)25(22)19-11-4-1-8-16(19)17-9-2-5-12-20(17)25/h1-15,27-28H. The van der Waals surface area contributed by atoms with E-state index in [1.165, 1.54) is 27.8 Å². The van der Waals surface area contributed by atoms with Crippen LogP contribution in [0.25, 0.3) is 22.3 Å². The smallest absolute Gasteiger partial charge is 0.423 e. The second-order valence-corrected chi connectivity index (χ2v) is 7.53. The first-order chi connectivity index (χ1) is 13.7. The minimum Gasteiger partial charge on any atom is -0.423 e. The molecule has 0 aromatic heterocycles. The molecule has 132 valence electrons. The Morgan fingerprint density at radius 3 is 1.54 bits per heavy atom. The normalized spacial score (nSPS) is 14.4. The number of rotatable bonds is 1. The summed E-state index contributed by atoms with van der Waals surface area (Å²) < 4.78 is 0. The van der Waals surface area contributed by atoms with Crippen molar-refractivity contribution in [3.63, 3.8) is 0 Å². The number of hydrogen-bond donors (Lipinski definition) is 2. The maximum Gasteiger partial charge on any atom is 0.489 e. The van der Waals surface area contributed by atoms with Gasteiger partial charge >= 0.3 is 7.12 Å². The highest BCUT2D eigenvalue weighted by Gasteiger charge is 2.52. The van der Waals surface area contributed by atoms with Crippen LogP contribution in [-0.2, 0) is 5.41 Å². The molecule has 3 heteroatoms. The minimum absolute atomic E-state index is 0.427. The fraction of sp³-hybridized carbons (Fsp3) is 0.0400. The van der Waals surface area contributed by atoms with E-state index >= 15 is 0 Å². The van der Waals surface area contributed by atoms with Gasteiger partial charge in [0.15, 0.2) is 0 Å². The Kier molecular flexibility index (Phi) is 3.09. The fourth-order valence-electron chi connectivity index (χ4n) is 5.39. The molecule has 4 aromatic carbocycles. The molecule has 0 saturated heterocycles. The van der Waals surface area contributed by atoms with Gasteiger partial charge in [0, 0.05) is 0 Å². The molecule has 0 saturated carbocycles. The monoisotopic (exact) mass is 360 g/mol. The van der Waals surface area contributed by atoms with Crippen molar-refractivity contribution in [2.24, 2.45) is 0 Å². The van der Waals surface area contributed by atoms with Crippen LogP contribution >= 0.6 is 0 Å². The first kappa shape index (κ1) is 15.9. The van der Waals surface area contributed by atoms with E-state index in [-0.39, 0.29) is 0 Å². The summed E-state index contributed by atoms with van der Waals surface area (Å²) in [6.45, 7) is 0. The summed E-state index contributed by atoms with van der Waals surface area (Å²) in [7, 11) is -1.51. The summed E-state index contributed by atoms with van der Waals surface area (Å²) in [4.78, 5) is 0. The lowest BCUT2D eigenvalue weighted by Crippen LogP contribution is -2.33. The van der Waals surface area contributed by atoms with Gasteiger partial charge in [0.2, 0.25) is 0 Å². The molecular formula is C25H17BO2. The van der Waals surface area contributed by atoms with Crippen LogP contribution in [0.4, 0.5) is 0 Å². The largest absolute Gasteiger partial charge is 0.489 e. The summed E-state index contributed by atoms with van der Waals surface area (Å²) in [5.74, 6) is 0. The predicted molar refractivity (Wildman–Crippen MR) is 113 cm³/mol. The summed E-state index contributed by atoms with van der Waals surface area (Å²) in [6, 6.07) is 31.4. The summed E-state index contributed by atoms with van der Waals surface area (Å²) in [5.41, 5.74) is 9.48. The van der Waals surface area contributed by atoms with E-state index < -0.39 is 12.5 Å². The van der Waals surface area contributed by atoms with Gasteiger partial charge in [-0.3, -0.25) is 0 Å². The molecule has 6 rings (SSSR count). The topological polar surface area (TPSA) is 40.5 Å². The highest BCUT2D eigenvalue weighted by Crippen LogP contribution is 2.62. The van der Waals surface area contributed by atoms with Crippen molar-refractivity contribution in [2.75, 3.05) is 0 Å². The molecule has 0 bridgehead atoms. The molecule has 0 radical (unpaired) electrons. The van der Waals surface area contributed by atoms with Gasteiger partial charge in [-0.15, -0.1) is 0 Å². The summed E-state index contributed by atoms with van der Waals surface area (Å²) >= 11 is 0. The van der Waals surface area contributed by atoms with Crippen LogP contribution in [0, 0.1) is 0 Å². The van der Waals surface area contributed by atoms with Crippen LogP contribution in [-0.4, -0.2) is 17.2 Å². The Bertz CT molecular complexity index is 1210. The third-order valence-corrected chi connectivity index (χ3v) is 6.33. The van der Waals surface area contributed by atoms with Crippen LogP contribution in [0.1, 0.15) is 22.3 Å². The average Bonchev–Trinajstić information content (AvgIpc) is 3.21. The SMILES string of the molecule is OB(O)c1cccc2c1-c1ccccc1C21c2ccccc2-c2ccccc21. The first-order valence-electron chi connectivity index (χ1n) is 9.53. The molecule has 0 fully saturated rings. The van der Waals surface area contributed by atoms with Gasteiger partial charge in [-0.25, -0.2) is 0 Å². The Labute approximate surface area is 163 Å². The zero-order chi connectivity index (χ0) is 18.9. The minimum atomic E-state index is -1.51. The Morgan fingerprint density at radius 2 is 0.964 bits per heavy atom. The van der Waals surface area contributed by atoms with Crippen molar-refractivity contribution in [3.05, 3.63) is 113 Å². The van der Waals surface area contributed by atoms with Crippen molar-refractivity contribution in [3.8, 4) is 22.3 Å². The van der Waals surface area contributed by atoms with Gasteiger partial charge < -0.3 is 10.0 Å². The molecule has 0 atom stereocenters. The maximum atomic E-state index is 10.1. The Morgan fingerprint density at radius 1 is 0.500 bits per heavy atom. The van der Waals surface area contributed by atoms with E-state index in [1.54, 1.807) is 0 Å². The van der Waals surface area contributed by atoms with Crippen LogP contribution in [0.3, 0.4) is 0 Å². The van der Waals surface area contributed by atoms with E-state index in [1.807, 2.05) is 18.2 Å². The van der Waals surface area contributed by atoms with Gasteiger partial charge in [-0.2, -0.15) is 0 Å². The molecule has 1 spiro atoms. The third kappa shape index (κ3) is 1.71. The van der Waals surface area contributed by atoms with E-state index in [4.69, 9.17) is 0 Å². The molecule has 0 heterocycles. The Balaban J connectivity index is 1.86. The maximum absolute atomic E-state index is 10.1. The van der Waals surface area contributed by atoms with E-state index in [2.05, 4.69) is 72.8 Å². The summed E-state index contributed by atoms with van der Waals surface area (Å²) in [5, 5.41) is 20.2. The highest BCUT2D eigenvalue weighted by molar-refractivity contribution is 6.60. The van der Waals surface area contributed by atoms with Gasteiger partial charge in [0.1, 0.15) is 0 Å². The molecule has 4 aromatic rings. The fourth-order valence-corrected chi connectivity index (χ4v) is 5.39. The van der Waals surface area contributed by atoms with Gasteiger partial charge in [0.05, 0.1) is 5.41 Å². The molecule has 2 aliphatic carbocycles. The lowest BCUT2D eigenvalue weighted by atomic mass is 9.69. The van der Waals surface area contributed by atoms with E-state index in [0.717, 1.165) is 16.7 Å². The lowest BCUT2D eigenvalue weighted by Gasteiger charge is -2.30. The average molecular weight is 360 g/mol. The van der Waals surface area contributed by atoms with Gasteiger partial charge in [-0.1, -0.05) is 91.0 Å². The van der Waals surface area contributed by atoms with Crippen LogP contribution in [0.15, 0.2) is 91.0 Å². The quantitative estimate of drug-likeness (QED) is 0.439. The third-order valence-electron chi connectivity index (χ3n) is 6.33. The number of fused-ring (bicyclic) bond motifs is 10. The molecule has 0 unspecified atom stereocenters. The zero-order valence-electron chi connectivity index (χ0n) is 15.1. The van der Waals surface area contributed by atoms with Crippen molar-refractivity contribution in [2.45, 2.75) is 5.41 Å². The van der Waals surface area contributed by atoms with Crippen molar-refractivity contribution < 1.29 is 10.0 Å². The molecule has 2 nitrogen and oxygen atoms in total. The second-order valence-electron chi connectivity index (χ2n) is 7.53. The molecule has 2 aliphatic rings. The van der Waals surface area contributed by atoms with Crippen LogP contribution in [0.2, 0.25) is 0 Å². The van der Waals surface area contributed by atoms with Gasteiger partial charge in [0.25, 0.3) is 0 Å². The molecule has 2 N–H and O–H groups in total. The van der Waals surface area contributed by atoms with Crippen molar-refractivity contribution in [1.29, 1.82) is 0 Å². The Hall–Kier alpha value is -3.14. The van der Waals surface area contributed by atoms with Crippen molar-refractivity contribution >= 4 is 12.6 Å². The predicted octanol–water partition coefficient (Wildman–Crippen LogP) is 3.71. The van der Waals surface area contributed by atoms with Crippen LogP contribution < -0.4 is 5.46 Å². The van der Waals surface area contributed by atoms with Crippen molar-refractivity contribution in [1.82, 2.24) is 0 Å². The summed E-state index contributed by atoms with van der Waals surface area (Å²) in [6.07, 6.45) is 0. The highest BCUT2D eigenvalue weighted by atomic mass is 16.4. The molecular weight excluding hydrogens is 343 g/mol.